The summed E-state index contributed by atoms with van der Waals surface area (Å²) < 4.78 is 14.2. The van der Waals surface area contributed by atoms with E-state index < -0.39 is 6.29 Å². The Kier molecular flexibility index (Phi) is 5.75. The van der Waals surface area contributed by atoms with E-state index in [1.54, 1.807) is 0 Å². The smallest absolute Gasteiger partial charge is 0.226 e. The lowest BCUT2D eigenvalue weighted by Gasteiger charge is -2.31. The number of benzene rings is 3. The maximum Gasteiger partial charge on any atom is 0.226 e. The molecule has 1 aliphatic heterocycles. The lowest BCUT2D eigenvalue weighted by atomic mass is 10.1. The molecule has 0 bridgehead atoms. The Morgan fingerprint density at radius 1 is 0.972 bits per heavy atom. The highest BCUT2D eigenvalue weighted by atomic mass is 127. The molecule has 1 N–H and O–H groups in total. The molecule has 0 spiro atoms. The van der Waals surface area contributed by atoms with E-state index >= 15 is 0 Å². The van der Waals surface area contributed by atoms with E-state index in [9.17, 15) is 0 Å². The van der Waals surface area contributed by atoms with Gasteiger partial charge in [0.1, 0.15) is 18.0 Å². The first kappa shape index (κ1) is 22.8. The monoisotopic (exact) mass is 589 g/mol. The van der Waals surface area contributed by atoms with Gasteiger partial charge in [-0.25, -0.2) is 15.0 Å². The van der Waals surface area contributed by atoms with Gasteiger partial charge in [-0.15, -0.1) is 0 Å². The zero-order chi connectivity index (χ0) is 24.8. The van der Waals surface area contributed by atoms with Crippen LogP contribution in [0, 0.1) is 20.8 Å². The number of aliphatic imine (C=N–C) groups is 1. The average Bonchev–Trinajstić information content (AvgIpc) is 3.29. The van der Waals surface area contributed by atoms with Crippen molar-refractivity contribution in [3.8, 4) is 0 Å². The molecule has 8 heteroatoms. The lowest BCUT2D eigenvalue weighted by Crippen LogP contribution is -2.38. The Balaban J connectivity index is 1.31. The van der Waals surface area contributed by atoms with E-state index in [0.717, 1.165) is 44.6 Å². The predicted octanol–water partition coefficient (Wildman–Crippen LogP) is 6.83. The van der Waals surface area contributed by atoms with Crippen LogP contribution in [0.15, 0.2) is 76.1 Å². The molecule has 1 unspecified atom stereocenters. The third-order valence-corrected chi connectivity index (χ3v) is 7.45. The summed E-state index contributed by atoms with van der Waals surface area (Å²) in [5.41, 5.74) is 7.02. The summed E-state index contributed by atoms with van der Waals surface area (Å²) >= 11 is 2.27. The molecule has 0 amide bonds. The molecule has 2 aromatic heterocycles. The predicted molar refractivity (Wildman–Crippen MR) is 152 cm³/mol. The van der Waals surface area contributed by atoms with E-state index in [1.807, 2.05) is 64.6 Å². The van der Waals surface area contributed by atoms with Gasteiger partial charge in [-0.3, -0.25) is 3.11 Å². The number of fused-ring (bicyclic) bond motifs is 3. The summed E-state index contributed by atoms with van der Waals surface area (Å²) in [6.45, 7) is 6.49. The van der Waals surface area contributed by atoms with Crippen LogP contribution >= 0.6 is 22.9 Å². The fraction of sp³-hybridized carbons (Fsp3) is 0.179. The van der Waals surface area contributed by atoms with Crippen LogP contribution in [0.25, 0.3) is 21.9 Å². The zero-order valence-electron chi connectivity index (χ0n) is 20.1. The van der Waals surface area contributed by atoms with Crippen LogP contribution < -0.4 is 8.43 Å². The third kappa shape index (κ3) is 4.15. The summed E-state index contributed by atoms with van der Waals surface area (Å²) in [5, 5.41) is 5.50. The van der Waals surface area contributed by atoms with Crippen molar-refractivity contribution in [3.63, 3.8) is 0 Å². The Labute approximate surface area is 222 Å². The minimum Gasteiger partial charge on any atom is -0.469 e. The highest BCUT2D eigenvalue weighted by molar-refractivity contribution is 14.1. The van der Waals surface area contributed by atoms with E-state index in [2.05, 4.69) is 54.2 Å². The molecule has 0 saturated heterocycles. The largest absolute Gasteiger partial charge is 0.469 e. The number of aromatic nitrogens is 2. The molecule has 0 radical (unpaired) electrons. The van der Waals surface area contributed by atoms with Crippen molar-refractivity contribution in [3.05, 3.63) is 94.9 Å². The first-order valence-electron chi connectivity index (χ1n) is 11.7. The highest BCUT2D eigenvalue weighted by Crippen LogP contribution is 2.33. The van der Waals surface area contributed by atoms with Crippen molar-refractivity contribution < 1.29 is 9.15 Å². The van der Waals surface area contributed by atoms with Gasteiger partial charge >= 0.3 is 0 Å². The number of hydrogen-bond donors (Lipinski definition) is 1. The minimum atomic E-state index is -0.449. The zero-order valence-corrected chi connectivity index (χ0v) is 22.3. The van der Waals surface area contributed by atoms with Crippen molar-refractivity contribution in [2.45, 2.75) is 33.7 Å². The number of rotatable bonds is 4. The molecule has 1 atom stereocenters. The molecular weight excluding hydrogens is 565 g/mol. The van der Waals surface area contributed by atoms with E-state index in [1.165, 1.54) is 11.1 Å². The maximum absolute atomic E-state index is 6.21. The molecule has 3 heterocycles. The first-order chi connectivity index (χ1) is 17.5. The van der Waals surface area contributed by atoms with Crippen LogP contribution in [0.1, 0.15) is 28.1 Å². The molecule has 7 nitrogen and oxygen atoms in total. The number of aryl methyl sites for hydroxylation is 3. The van der Waals surface area contributed by atoms with Crippen LogP contribution in [0.4, 0.5) is 11.6 Å². The Bertz CT molecular complexity index is 1610. The van der Waals surface area contributed by atoms with Crippen LogP contribution in [0.2, 0.25) is 0 Å². The van der Waals surface area contributed by atoms with Gasteiger partial charge in [0.25, 0.3) is 0 Å². The molecule has 0 fully saturated rings. The average molecular weight is 589 g/mol. The van der Waals surface area contributed by atoms with Gasteiger partial charge in [0, 0.05) is 10.8 Å². The molecular formula is C28H24IN5O2. The molecule has 0 aliphatic carbocycles. The van der Waals surface area contributed by atoms with E-state index in [4.69, 9.17) is 24.1 Å². The number of hydrogen-bond acceptors (Lipinski definition) is 7. The van der Waals surface area contributed by atoms with Gasteiger partial charge < -0.3 is 14.5 Å². The third-order valence-electron chi connectivity index (χ3n) is 6.41. The number of furan rings is 1. The quantitative estimate of drug-likeness (QED) is 0.183. The fourth-order valence-electron chi connectivity index (χ4n) is 4.38. The Morgan fingerprint density at radius 3 is 2.61 bits per heavy atom. The molecule has 0 saturated carbocycles. The standard InChI is InChI=1S/C28H24IN5O2/c1-16-12-22-18(3)30-27(31-23(22)13-17(16)2)33-28-32-26(21-9-5-6-10-24(21)34(28)29)35-15-20-14-19-8-4-7-11-25(19)36-20/h4-14,28H,15H2,1-3H3,(H,30,31,33). The fourth-order valence-corrected chi connectivity index (χ4v) is 5.06. The van der Waals surface area contributed by atoms with Crippen LogP contribution in [0.3, 0.4) is 0 Å². The second-order valence-corrected chi connectivity index (χ2v) is 9.95. The normalized spacial score (nSPS) is 15.2. The number of ether oxygens (including phenoxy) is 1. The van der Waals surface area contributed by atoms with Crippen molar-refractivity contribution in [1.29, 1.82) is 0 Å². The van der Waals surface area contributed by atoms with Crippen molar-refractivity contribution in [2.75, 3.05) is 8.43 Å². The molecule has 6 rings (SSSR count). The first-order valence-corrected chi connectivity index (χ1v) is 12.7. The van der Waals surface area contributed by atoms with Crippen LogP contribution in [0.5, 0.6) is 0 Å². The number of halogens is 1. The SMILES string of the molecule is Cc1cc2nc(NC3N=C(OCc4cc5ccccc5o4)c4ccccc4N3I)nc(C)c2cc1C. The number of nitrogens with zero attached hydrogens (tertiary/aromatic N) is 4. The van der Waals surface area contributed by atoms with Crippen molar-refractivity contribution in [1.82, 2.24) is 9.97 Å². The molecule has 180 valence electrons. The number of anilines is 2. The maximum atomic E-state index is 6.21. The van der Waals surface area contributed by atoms with E-state index in [0.29, 0.717) is 11.8 Å². The molecule has 1 aliphatic rings. The summed E-state index contributed by atoms with van der Waals surface area (Å²) in [6.07, 6.45) is -0.449. The molecule has 36 heavy (non-hydrogen) atoms. The summed E-state index contributed by atoms with van der Waals surface area (Å²) in [5.74, 6) is 1.81. The summed E-state index contributed by atoms with van der Waals surface area (Å²) in [7, 11) is 0. The van der Waals surface area contributed by atoms with Gasteiger partial charge in [0.05, 0.1) is 45.3 Å². The lowest BCUT2D eigenvalue weighted by molar-refractivity contribution is 0.260. The Hall–Kier alpha value is -3.66. The van der Waals surface area contributed by atoms with Gasteiger partial charge in [-0.1, -0.05) is 30.3 Å². The van der Waals surface area contributed by atoms with Crippen molar-refractivity contribution in [2.24, 2.45) is 4.99 Å². The number of para-hydroxylation sites is 2. The van der Waals surface area contributed by atoms with Gasteiger partial charge in [0.2, 0.25) is 18.1 Å². The second-order valence-electron chi connectivity index (χ2n) is 8.91. The Morgan fingerprint density at radius 2 is 1.75 bits per heavy atom. The van der Waals surface area contributed by atoms with E-state index in [-0.39, 0.29) is 6.61 Å². The number of nitrogens with one attached hydrogen (secondary N) is 1. The summed E-state index contributed by atoms with van der Waals surface area (Å²) in [6, 6.07) is 22.2. The van der Waals surface area contributed by atoms with Crippen LogP contribution in [-0.2, 0) is 11.3 Å². The summed E-state index contributed by atoms with van der Waals surface area (Å²) in [4.78, 5) is 14.4. The minimum absolute atomic E-state index is 0.278. The van der Waals surface area contributed by atoms with Gasteiger partial charge in [-0.2, -0.15) is 0 Å². The topological polar surface area (TPSA) is 75.8 Å². The second kappa shape index (κ2) is 9.09. The molecule has 3 aromatic carbocycles. The molecule has 5 aromatic rings. The van der Waals surface area contributed by atoms with Crippen LogP contribution in [-0.4, -0.2) is 22.2 Å². The van der Waals surface area contributed by atoms with Gasteiger partial charge in [0.15, 0.2) is 0 Å². The van der Waals surface area contributed by atoms with Crippen molar-refractivity contribution >= 4 is 62.3 Å². The van der Waals surface area contributed by atoms with Gasteiger partial charge in [-0.05, 0) is 68.3 Å². The highest BCUT2D eigenvalue weighted by Gasteiger charge is 2.28.